The molecule has 6 nitrogen and oxygen atoms in total. The first kappa shape index (κ1) is 17.3. The number of nitrogens with zero attached hydrogens (tertiary/aromatic N) is 3. The number of anilines is 2. The molecule has 0 radical (unpaired) electrons. The van der Waals surface area contributed by atoms with E-state index in [4.69, 9.17) is 0 Å². The van der Waals surface area contributed by atoms with Crippen LogP contribution in [0.25, 0.3) is 11.4 Å². The Balaban J connectivity index is 1.44. The predicted octanol–water partition coefficient (Wildman–Crippen LogP) is 4.62. The Kier molecular flexibility index (Phi) is 4.87. The summed E-state index contributed by atoms with van der Waals surface area (Å²) in [6, 6.07) is 15.2. The van der Waals surface area contributed by atoms with Crippen molar-refractivity contribution < 1.29 is 4.79 Å². The first-order chi connectivity index (χ1) is 13.2. The Morgan fingerprint density at radius 1 is 0.889 bits per heavy atom. The van der Waals surface area contributed by atoms with E-state index in [0.29, 0.717) is 0 Å². The molecule has 138 valence electrons. The van der Waals surface area contributed by atoms with Crippen LogP contribution >= 0.6 is 0 Å². The molecule has 1 aromatic heterocycles. The average Bonchev–Trinajstić information content (AvgIpc) is 2.92. The first-order valence-corrected chi connectivity index (χ1v) is 9.36. The summed E-state index contributed by atoms with van der Waals surface area (Å²) in [5.41, 5.74) is 3.67. The molecule has 0 fully saturated rings. The maximum Gasteiger partial charge on any atom is 0.323 e. The predicted molar refractivity (Wildman–Crippen MR) is 107 cm³/mol. The van der Waals surface area contributed by atoms with Crippen molar-refractivity contribution in [3.63, 3.8) is 0 Å². The maximum absolute atomic E-state index is 12.2. The molecule has 0 saturated carbocycles. The molecule has 27 heavy (non-hydrogen) atoms. The molecule has 0 atom stereocenters. The Labute approximate surface area is 158 Å². The van der Waals surface area contributed by atoms with Gasteiger partial charge in [-0.1, -0.05) is 24.1 Å². The number of benzene rings is 2. The second-order valence-electron chi connectivity index (χ2n) is 6.92. The third-order valence-corrected chi connectivity index (χ3v) is 4.82. The van der Waals surface area contributed by atoms with Gasteiger partial charge in [0.05, 0.1) is 0 Å². The Hall–Kier alpha value is -3.15. The first-order valence-electron chi connectivity index (χ1n) is 9.36. The number of urea groups is 1. The summed E-state index contributed by atoms with van der Waals surface area (Å²) in [5.74, 6) is 1.98. The summed E-state index contributed by atoms with van der Waals surface area (Å²) in [5, 5.41) is 14.4. The van der Waals surface area contributed by atoms with Crippen molar-refractivity contribution in [1.82, 2.24) is 14.8 Å². The van der Waals surface area contributed by atoms with Gasteiger partial charge in [-0.3, -0.25) is 0 Å². The van der Waals surface area contributed by atoms with Crippen LogP contribution in [0.4, 0.5) is 16.2 Å². The van der Waals surface area contributed by atoms with E-state index in [-0.39, 0.29) is 6.03 Å². The third kappa shape index (κ3) is 4.00. The molecule has 0 saturated heterocycles. The van der Waals surface area contributed by atoms with Crippen LogP contribution in [0.5, 0.6) is 0 Å². The molecule has 0 spiro atoms. The number of nitrogens with one attached hydrogen (secondary N) is 2. The highest BCUT2D eigenvalue weighted by molar-refractivity contribution is 5.99. The maximum atomic E-state index is 12.2. The third-order valence-electron chi connectivity index (χ3n) is 4.82. The van der Waals surface area contributed by atoms with Gasteiger partial charge in [-0.05, 0) is 56.2 Å². The van der Waals surface area contributed by atoms with Crippen molar-refractivity contribution in [2.75, 3.05) is 10.6 Å². The normalized spacial score (nSPS) is 13.5. The van der Waals surface area contributed by atoms with Crippen LogP contribution in [0, 0.1) is 6.92 Å². The van der Waals surface area contributed by atoms with Gasteiger partial charge in [0, 0.05) is 29.9 Å². The quantitative estimate of drug-likeness (QED) is 0.715. The lowest BCUT2D eigenvalue weighted by Crippen LogP contribution is -2.19. The molecular formula is C21H23N5O. The smallest absolute Gasteiger partial charge is 0.311 e. The molecule has 2 amide bonds. The van der Waals surface area contributed by atoms with Gasteiger partial charge in [0.15, 0.2) is 5.82 Å². The lowest BCUT2D eigenvalue weighted by atomic mass is 10.2. The topological polar surface area (TPSA) is 71.8 Å². The van der Waals surface area contributed by atoms with E-state index in [1.165, 1.54) is 12.8 Å². The van der Waals surface area contributed by atoms with Gasteiger partial charge >= 0.3 is 6.03 Å². The number of fused-ring (bicyclic) bond motifs is 1. The second-order valence-corrected chi connectivity index (χ2v) is 6.92. The molecule has 3 aromatic rings. The Morgan fingerprint density at radius 3 is 2.26 bits per heavy atom. The molecule has 1 aliphatic heterocycles. The SMILES string of the molecule is Cc1ccc(NC(=O)Nc2ccc(-c3nnc4n3CCCCC4)cc2)cc1. The van der Waals surface area contributed by atoms with Crippen molar-refractivity contribution in [1.29, 1.82) is 0 Å². The molecule has 0 aliphatic carbocycles. The number of rotatable bonds is 3. The zero-order chi connectivity index (χ0) is 18.6. The molecule has 2 N–H and O–H groups in total. The Morgan fingerprint density at radius 2 is 1.56 bits per heavy atom. The van der Waals surface area contributed by atoms with Gasteiger partial charge in [-0.15, -0.1) is 10.2 Å². The standard InChI is InChI=1S/C21H23N5O/c1-15-6-10-17(11-7-15)22-21(27)23-18-12-8-16(9-13-18)20-25-24-19-5-3-2-4-14-26(19)20/h6-13H,2-5,14H2,1H3,(H2,22,23,27). The van der Waals surface area contributed by atoms with Crippen LogP contribution in [-0.2, 0) is 13.0 Å². The van der Waals surface area contributed by atoms with Crippen molar-refractivity contribution in [2.45, 2.75) is 39.2 Å². The summed E-state index contributed by atoms with van der Waals surface area (Å²) >= 11 is 0. The Bertz CT molecular complexity index is 928. The summed E-state index contributed by atoms with van der Waals surface area (Å²) < 4.78 is 2.22. The van der Waals surface area contributed by atoms with Crippen LogP contribution in [0.1, 0.15) is 30.7 Å². The van der Waals surface area contributed by atoms with Crippen molar-refractivity contribution in [3.05, 3.63) is 59.9 Å². The number of carbonyl (C=O) groups is 1. The molecular weight excluding hydrogens is 338 g/mol. The van der Waals surface area contributed by atoms with Crippen LogP contribution in [-0.4, -0.2) is 20.8 Å². The van der Waals surface area contributed by atoms with Crippen LogP contribution in [0.3, 0.4) is 0 Å². The highest BCUT2D eigenvalue weighted by Gasteiger charge is 2.16. The fourth-order valence-electron chi connectivity index (χ4n) is 3.33. The van der Waals surface area contributed by atoms with E-state index in [0.717, 1.165) is 53.5 Å². The minimum Gasteiger partial charge on any atom is -0.311 e. The minimum atomic E-state index is -0.261. The number of hydrogen-bond donors (Lipinski definition) is 2. The van der Waals surface area contributed by atoms with E-state index in [2.05, 4.69) is 25.4 Å². The number of hydrogen-bond acceptors (Lipinski definition) is 3. The lowest BCUT2D eigenvalue weighted by Gasteiger charge is -2.10. The minimum absolute atomic E-state index is 0.261. The molecule has 0 unspecified atom stereocenters. The van der Waals surface area contributed by atoms with E-state index in [1.54, 1.807) is 0 Å². The zero-order valence-corrected chi connectivity index (χ0v) is 15.4. The van der Waals surface area contributed by atoms with Crippen LogP contribution in [0.2, 0.25) is 0 Å². The van der Waals surface area contributed by atoms with E-state index in [9.17, 15) is 4.79 Å². The fraction of sp³-hybridized carbons (Fsp3) is 0.286. The summed E-state index contributed by atoms with van der Waals surface area (Å²) in [4.78, 5) is 12.2. The zero-order valence-electron chi connectivity index (χ0n) is 15.4. The van der Waals surface area contributed by atoms with E-state index >= 15 is 0 Å². The highest BCUT2D eigenvalue weighted by atomic mass is 16.2. The molecule has 2 aromatic carbocycles. The highest BCUT2D eigenvalue weighted by Crippen LogP contribution is 2.24. The molecule has 1 aliphatic rings. The summed E-state index contributed by atoms with van der Waals surface area (Å²) in [6.45, 7) is 2.98. The number of carbonyl (C=O) groups excluding carboxylic acids is 1. The van der Waals surface area contributed by atoms with Crippen molar-refractivity contribution in [2.24, 2.45) is 0 Å². The van der Waals surface area contributed by atoms with Gasteiger partial charge in [0.25, 0.3) is 0 Å². The van der Waals surface area contributed by atoms with Crippen LogP contribution < -0.4 is 10.6 Å². The summed E-state index contributed by atoms with van der Waals surface area (Å²) in [7, 11) is 0. The summed E-state index contributed by atoms with van der Waals surface area (Å²) in [6.07, 6.45) is 4.57. The van der Waals surface area contributed by atoms with Crippen LogP contribution in [0.15, 0.2) is 48.5 Å². The largest absolute Gasteiger partial charge is 0.323 e. The average molecular weight is 361 g/mol. The fourth-order valence-corrected chi connectivity index (χ4v) is 3.33. The molecule has 0 bridgehead atoms. The molecule has 2 heterocycles. The van der Waals surface area contributed by atoms with Gasteiger partial charge in [0.1, 0.15) is 5.82 Å². The van der Waals surface area contributed by atoms with Crippen molar-refractivity contribution >= 4 is 17.4 Å². The van der Waals surface area contributed by atoms with E-state index < -0.39 is 0 Å². The monoisotopic (exact) mass is 361 g/mol. The van der Waals surface area contributed by atoms with Gasteiger partial charge in [0.2, 0.25) is 0 Å². The second kappa shape index (κ2) is 7.61. The van der Waals surface area contributed by atoms with Crippen molar-refractivity contribution in [3.8, 4) is 11.4 Å². The number of aromatic nitrogens is 3. The molecule has 6 heteroatoms. The van der Waals surface area contributed by atoms with Gasteiger partial charge < -0.3 is 15.2 Å². The lowest BCUT2D eigenvalue weighted by molar-refractivity contribution is 0.262. The molecule has 4 rings (SSSR count). The van der Waals surface area contributed by atoms with Gasteiger partial charge in [-0.2, -0.15) is 0 Å². The number of amides is 2. The number of aryl methyl sites for hydroxylation is 2. The van der Waals surface area contributed by atoms with Gasteiger partial charge in [-0.25, -0.2) is 4.79 Å². The van der Waals surface area contributed by atoms with E-state index in [1.807, 2.05) is 55.5 Å².